The summed E-state index contributed by atoms with van der Waals surface area (Å²) >= 11 is 0. The number of nitrogens with zero attached hydrogens (tertiary/aromatic N) is 1. The molecule has 1 aromatic heterocycles. The Hall–Kier alpha value is -3.09. The molecule has 0 spiro atoms. The van der Waals surface area contributed by atoms with E-state index in [0.29, 0.717) is 0 Å². The average Bonchev–Trinajstić information content (AvgIpc) is 3.09. The molecule has 0 bridgehead atoms. The molecule has 1 aliphatic heterocycles. The van der Waals surface area contributed by atoms with Crippen LogP contribution in [0.5, 0.6) is 0 Å². The number of hydrogen-bond acceptors (Lipinski definition) is 2. The summed E-state index contributed by atoms with van der Waals surface area (Å²) in [5, 5.41) is 0.840. The van der Waals surface area contributed by atoms with Crippen molar-refractivity contribution in [2.75, 3.05) is 4.90 Å². The zero-order valence-electron chi connectivity index (χ0n) is 14.3. The van der Waals surface area contributed by atoms with Gasteiger partial charge in [-0.1, -0.05) is 24.3 Å². The highest BCUT2D eigenvalue weighted by Gasteiger charge is 2.42. The van der Waals surface area contributed by atoms with Gasteiger partial charge < -0.3 is 4.98 Å². The van der Waals surface area contributed by atoms with Crippen molar-refractivity contribution in [3.63, 3.8) is 0 Å². The maximum atomic E-state index is 13.0. The number of carbonyl (C=O) groups is 2. The van der Waals surface area contributed by atoms with Crippen LogP contribution in [0.4, 0.5) is 18.9 Å². The number of aromatic amines is 1. The van der Waals surface area contributed by atoms with Crippen LogP contribution in [-0.2, 0) is 15.8 Å². The summed E-state index contributed by atoms with van der Waals surface area (Å²) in [6.07, 6.45) is -4.62. The lowest BCUT2D eigenvalue weighted by molar-refractivity contribution is -0.137. The van der Waals surface area contributed by atoms with Crippen molar-refractivity contribution in [1.29, 1.82) is 0 Å². The van der Waals surface area contributed by atoms with E-state index in [2.05, 4.69) is 4.98 Å². The van der Waals surface area contributed by atoms with Gasteiger partial charge in [-0.15, -0.1) is 0 Å². The van der Waals surface area contributed by atoms with Crippen LogP contribution in [0.2, 0.25) is 0 Å². The fourth-order valence-corrected chi connectivity index (χ4v) is 3.70. The third kappa shape index (κ3) is 2.79. The first-order valence-corrected chi connectivity index (χ1v) is 8.38. The molecule has 0 radical (unpaired) electrons. The van der Waals surface area contributed by atoms with Crippen LogP contribution >= 0.6 is 0 Å². The van der Waals surface area contributed by atoms with Gasteiger partial charge in [-0.25, -0.2) is 4.90 Å². The molecule has 4 nitrogen and oxygen atoms in total. The number of aryl methyl sites for hydroxylation is 1. The van der Waals surface area contributed by atoms with Gasteiger partial charge in [0, 0.05) is 23.0 Å². The van der Waals surface area contributed by atoms with Crippen LogP contribution in [0.25, 0.3) is 10.9 Å². The number of H-pyrrole nitrogens is 1. The minimum atomic E-state index is -4.55. The summed E-state index contributed by atoms with van der Waals surface area (Å²) in [6.45, 7) is 1.82. The van der Waals surface area contributed by atoms with Gasteiger partial charge in [0.2, 0.25) is 11.8 Å². The third-order valence-corrected chi connectivity index (χ3v) is 4.87. The van der Waals surface area contributed by atoms with Crippen molar-refractivity contribution >= 4 is 28.4 Å². The topological polar surface area (TPSA) is 53.2 Å². The molecule has 7 heteroatoms. The molecule has 1 atom stereocenters. The predicted molar refractivity (Wildman–Crippen MR) is 94.3 cm³/mol. The van der Waals surface area contributed by atoms with Crippen LogP contribution in [-0.4, -0.2) is 16.8 Å². The standard InChI is InChI=1S/C20H15F3N2O2/c1-11-18(14-7-2-3-8-16(14)24-11)15-10-17(26)25(19(15)27)13-6-4-5-12(9-13)20(21,22)23/h2-9,15,24H,10H2,1H3. The van der Waals surface area contributed by atoms with Crippen molar-refractivity contribution in [3.8, 4) is 0 Å². The van der Waals surface area contributed by atoms with E-state index < -0.39 is 29.5 Å². The Morgan fingerprint density at radius 1 is 1.07 bits per heavy atom. The van der Waals surface area contributed by atoms with Gasteiger partial charge in [-0.3, -0.25) is 9.59 Å². The summed E-state index contributed by atoms with van der Waals surface area (Å²) in [4.78, 5) is 29.5. The van der Waals surface area contributed by atoms with E-state index >= 15 is 0 Å². The minimum absolute atomic E-state index is 0.0557. The van der Waals surface area contributed by atoms with Crippen LogP contribution < -0.4 is 4.90 Å². The number of hydrogen-bond donors (Lipinski definition) is 1. The maximum Gasteiger partial charge on any atom is 0.416 e. The molecular weight excluding hydrogens is 357 g/mol. The Balaban J connectivity index is 1.76. The van der Waals surface area contributed by atoms with Crippen molar-refractivity contribution in [2.45, 2.75) is 25.4 Å². The van der Waals surface area contributed by atoms with Crippen LogP contribution in [0.3, 0.4) is 0 Å². The van der Waals surface area contributed by atoms with Gasteiger partial charge in [0.25, 0.3) is 0 Å². The molecule has 4 rings (SSSR count). The van der Waals surface area contributed by atoms with E-state index in [1.165, 1.54) is 12.1 Å². The molecule has 1 aliphatic rings. The average molecular weight is 372 g/mol. The number of carbonyl (C=O) groups excluding carboxylic acids is 2. The molecule has 27 heavy (non-hydrogen) atoms. The number of alkyl halides is 3. The largest absolute Gasteiger partial charge is 0.416 e. The number of aromatic nitrogens is 1. The van der Waals surface area contributed by atoms with Gasteiger partial charge >= 0.3 is 6.18 Å². The fraction of sp³-hybridized carbons (Fsp3) is 0.200. The van der Waals surface area contributed by atoms with Crippen molar-refractivity contribution in [3.05, 3.63) is 65.4 Å². The molecule has 0 aliphatic carbocycles. The first-order valence-electron chi connectivity index (χ1n) is 8.38. The number of benzene rings is 2. The van der Waals surface area contributed by atoms with Gasteiger partial charge in [-0.2, -0.15) is 13.2 Å². The Labute approximate surface area is 152 Å². The fourth-order valence-electron chi connectivity index (χ4n) is 3.70. The SMILES string of the molecule is Cc1[nH]c2ccccc2c1C1CC(=O)N(c2cccc(C(F)(F)F)c2)C1=O. The van der Waals surface area contributed by atoms with Crippen molar-refractivity contribution in [2.24, 2.45) is 0 Å². The minimum Gasteiger partial charge on any atom is -0.358 e. The molecule has 2 aromatic carbocycles. The lowest BCUT2D eigenvalue weighted by Crippen LogP contribution is -2.30. The van der Waals surface area contributed by atoms with Crippen molar-refractivity contribution < 1.29 is 22.8 Å². The van der Waals surface area contributed by atoms with E-state index in [0.717, 1.165) is 39.2 Å². The molecule has 2 heterocycles. The van der Waals surface area contributed by atoms with Gasteiger partial charge in [-0.05, 0) is 36.8 Å². The van der Waals surface area contributed by atoms with Gasteiger partial charge in [0.05, 0.1) is 17.2 Å². The highest BCUT2D eigenvalue weighted by molar-refractivity contribution is 6.23. The first-order chi connectivity index (χ1) is 12.8. The monoisotopic (exact) mass is 372 g/mol. The normalized spacial score (nSPS) is 17.9. The summed E-state index contributed by atoms with van der Waals surface area (Å²) < 4.78 is 39.0. The Kier molecular flexibility index (Phi) is 3.83. The Morgan fingerprint density at radius 3 is 2.56 bits per heavy atom. The van der Waals surface area contributed by atoms with Crippen molar-refractivity contribution in [1.82, 2.24) is 4.98 Å². The zero-order valence-corrected chi connectivity index (χ0v) is 14.3. The molecular formula is C20H15F3N2O2. The Morgan fingerprint density at radius 2 is 1.81 bits per heavy atom. The molecule has 1 unspecified atom stereocenters. The molecule has 1 N–H and O–H groups in total. The smallest absolute Gasteiger partial charge is 0.358 e. The molecule has 138 valence electrons. The number of fused-ring (bicyclic) bond motifs is 1. The van der Waals surface area contributed by atoms with Crippen LogP contribution in [0, 0.1) is 6.92 Å². The quantitative estimate of drug-likeness (QED) is 0.672. The summed E-state index contributed by atoms with van der Waals surface area (Å²) in [5.41, 5.74) is 1.39. The molecule has 1 fully saturated rings. The summed E-state index contributed by atoms with van der Waals surface area (Å²) in [5.74, 6) is -1.73. The number of amides is 2. The number of halogens is 3. The van der Waals surface area contributed by atoms with E-state index in [9.17, 15) is 22.8 Å². The van der Waals surface area contributed by atoms with E-state index in [1.54, 1.807) is 0 Å². The summed E-state index contributed by atoms with van der Waals surface area (Å²) in [6, 6.07) is 11.7. The van der Waals surface area contributed by atoms with Crippen LogP contribution in [0.15, 0.2) is 48.5 Å². The second-order valence-electron chi connectivity index (χ2n) is 6.58. The lowest BCUT2D eigenvalue weighted by Gasteiger charge is -2.17. The predicted octanol–water partition coefficient (Wildman–Crippen LogP) is 4.54. The highest BCUT2D eigenvalue weighted by atomic mass is 19.4. The number of anilines is 1. The number of para-hydroxylation sites is 1. The third-order valence-electron chi connectivity index (χ3n) is 4.87. The zero-order chi connectivity index (χ0) is 19.3. The Bertz CT molecular complexity index is 1070. The second kappa shape index (κ2) is 5.97. The highest BCUT2D eigenvalue weighted by Crippen LogP contribution is 2.39. The molecule has 1 saturated heterocycles. The number of nitrogens with one attached hydrogen (secondary N) is 1. The number of rotatable bonds is 2. The van der Waals surface area contributed by atoms with E-state index in [-0.39, 0.29) is 12.1 Å². The summed E-state index contributed by atoms with van der Waals surface area (Å²) in [7, 11) is 0. The lowest BCUT2D eigenvalue weighted by atomic mass is 9.94. The first kappa shape index (κ1) is 17.3. The molecule has 2 amide bonds. The van der Waals surface area contributed by atoms with E-state index in [4.69, 9.17) is 0 Å². The molecule has 0 saturated carbocycles. The number of imide groups is 1. The van der Waals surface area contributed by atoms with Gasteiger partial charge in [0.1, 0.15) is 0 Å². The van der Waals surface area contributed by atoms with Gasteiger partial charge in [0.15, 0.2) is 0 Å². The molecule has 3 aromatic rings. The van der Waals surface area contributed by atoms with E-state index in [1.807, 2.05) is 31.2 Å². The second-order valence-corrected chi connectivity index (χ2v) is 6.58. The maximum absolute atomic E-state index is 13.0. The van der Waals surface area contributed by atoms with Crippen LogP contribution in [0.1, 0.15) is 29.2 Å².